The fourth-order valence-corrected chi connectivity index (χ4v) is 2.41. The zero-order valence-electron chi connectivity index (χ0n) is 12.5. The number of carbonyl (C=O) groups excluding carboxylic acids is 2. The average Bonchev–Trinajstić information content (AvgIpc) is 3.01. The van der Waals surface area contributed by atoms with Crippen LogP contribution in [0.2, 0.25) is 0 Å². The second-order valence-corrected chi connectivity index (χ2v) is 5.73. The van der Waals surface area contributed by atoms with Crippen LogP contribution in [0.4, 0.5) is 5.69 Å². The first kappa shape index (κ1) is 16.0. The molecular formula is C17H17NO3S. The van der Waals surface area contributed by atoms with Crippen LogP contribution < -0.4 is 5.32 Å². The van der Waals surface area contributed by atoms with E-state index in [0.29, 0.717) is 0 Å². The van der Waals surface area contributed by atoms with Crippen molar-refractivity contribution >= 4 is 35.0 Å². The van der Waals surface area contributed by atoms with E-state index in [2.05, 4.69) is 5.32 Å². The zero-order chi connectivity index (χ0) is 15.9. The molecule has 0 spiro atoms. The van der Waals surface area contributed by atoms with E-state index in [1.54, 1.807) is 6.08 Å². The Morgan fingerprint density at radius 1 is 1.23 bits per heavy atom. The minimum Gasteiger partial charge on any atom is -0.452 e. The summed E-state index contributed by atoms with van der Waals surface area (Å²) in [5.74, 6) is -0.893. The molecule has 0 saturated heterocycles. The highest BCUT2D eigenvalue weighted by atomic mass is 32.1. The summed E-state index contributed by atoms with van der Waals surface area (Å²) in [4.78, 5) is 24.3. The highest BCUT2D eigenvalue weighted by Gasteiger charge is 2.08. The van der Waals surface area contributed by atoms with Crippen LogP contribution in [0.5, 0.6) is 0 Å². The quantitative estimate of drug-likeness (QED) is 0.678. The maximum Gasteiger partial charge on any atom is 0.331 e. The van der Waals surface area contributed by atoms with E-state index in [1.807, 2.05) is 49.6 Å². The number of aryl methyl sites for hydroxylation is 1. The van der Waals surface area contributed by atoms with Gasteiger partial charge in [0.2, 0.25) is 0 Å². The van der Waals surface area contributed by atoms with Crippen molar-refractivity contribution < 1.29 is 14.3 Å². The smallest absolute Gasteiger partial charge is 0.331 e. The lowest BCUT2D eigenvalue weighted by atomic mass is 10.1. The number of carbonyl (C=O) groups is 2. The number of hydrogen-bond acceptors (Lipinski definition) is 4. The second kappa shape index (κ2) is 7.56. The number of thiophene rings is 1. The first-order valence-electron chi connectivity index (χ1n) is 6.80. The van der Waals surface area contributed by atoms with Gasteiger partial charge in [-0.15, -0.1) is 11.3 Å². The Balaban J connectivity index is 1.82. The average molecular weight is 315 g/mol. The Labute approximate surface area is 133 Å². The molecule has 0 saturated carbocycles. The summed E-state index contributed by atoms with van der Waals surface area (Å²) in [6, 6.07) is 9.45. The summed E-state index contributed by atoms with van der Waals surface area (Å²) < 4.78 is 4.91. The van der Waals surface area contributed by atoms with Gasteiger partial charge in [0, 0.05) is 16.6 Å². The lowest BCUT2D eigenvalue weighted by Crippen LogP contribution is -2.20. The third-order valence-electron chi connectivity index (χ3n) is 3.15. The van der Waals surface area contributed by atoms with Crippen LogP contribution in [0.3, 0.4) is 0 Å². The fraction of sp³-hybridized carbons (Fsp3) is 0.176. The van der Waals surface area contributed by atoms with E-state index in [-0.39, 0.29) is 12.5 Å². The Bertz CT molecular complexity index is 690. The van der Waals surface area contributed by atoms with Crippen LogP contribution in [0.15, 0.2) is 41.8 Å². The highest BCUT2D eigenvalue weighted by molar-refractivity contribution is 7.10. The molecule has 114 valence electrons. The summed E-state index contributed by atoms with van der Waals surface area (Å²) in [5, 5.41) is 4.66. The first-order valence-corrected chi connectivity index (χ1v) is 7.68. The molecule has 1 aromatic heterocycles. The van der Waals surface area contributed by atoms with Crippen LogP contribution >= 0.6 is 11.3 Å². The Morgan fingerprint density at radius 2 is 2.05 bits per heavy atom. The van der Waals surface area contributed by atoms with E-state index in [9.17, 15) is 9.59 Å². The molecule has 1 heterocycles. The van der Waals surface area contributed by atoms with Gasteiger partial charge in [-0.25, -0.2) is 4.79 Å². The number of amides is 1. The molecule has 4 nitrogen and oxygen atoms in total. The molecule has 5 heteroatoms. The van der Waals surface area contributed by atoms with E-state index in [1.165, 1.54) is 17.4 Å². The van der Waals surface area contributed by atoms with Crippen LogP contribution in [0, 0.1) is 13.8 Å². The molecule has 0 radical (unpaired) electrons. The number of hydrogen-bond donors (Lipinski definition) is 1. The minimum atomic E-state index is -0.537. The summed E-state index contributed by atoms with van der Waals surface area (Å²) in [6.07, 6.45) is 2.98. The van der Waals surface area contributed by atoms with E-state index in [4.69, 9.17) is 4.74 Å². The monoisotopic (exact) mass is 315 g/mol. The molecular weight excluding hydrogens is 298 g/mol. The van der Waals surface area contributed by atoms with Gasteiger partial charge in [-0.1, -0.05) is 18.2 Å². The van der Waals surface area contributed by atoms with Gasteiger partial charge in [-0.3, -0.25) is 4.79 Å². The number of anilines is 1. The normalized spacial score (nSPS) is 10.6. The maximum absolute atomic E-state index is 11.8. The van der Waals surface area contributed by atoms with Crippen molar-refractivity contribution in [1.82, 2.24) is 0 Å². The van der Waals surface area contributed by atoms with Gasteiger partial charge in [-0.05, 0) is 48.6 Å². The topological polar surface area (TPSA) is 55.4 Å². The molecule has 1 aromatic carbocycles. The SMILES string of the molecule is Cc1cccc(NC(=O)COC(=O)/C=C/c2cccs2)c1C. The molecule has 1 N–H and O–H groups in total. The molecule has 0 bridgehead atoms. The van der Waals surface area contributed by atoms with Crippen molar-refractivity contribution in [3.63, 3.8) is 0 Å². The summed E-state index contributed by atoms with van der Waals surface area (Å²) in [6.45, 7) is 3.60. The molecule has 2 aromatic rings. The lowest BCUT2D eigenvalue weighted by molar-refractivity contribution is -0.142. The summed E-state index contributed by atoms with van der Waals surface area (Å²) in [5.41, 5.74) is 2.82. The van der Waals surface area contributed by atoms with E-state index >= 15 is 0 Å². The largest absolute Gasteiger partial charge is 0.452 e. The zero-order valence-corrected chi connectivity index (χ0v) is 13.3. The van der Waals surface area contributed by atoms with Gasteiger partial charge >= 0.3 is 5.97 Å². The van der Waals surface area contributed by atoms with Gasteiger partial charge < -0.3 is 10.1 Å². The number of ether oxygens (including phenoxy) is 1. The van der Waals surface area contributed by atoms with Crippen LogP contribution in [0.25, 0.3) is 6.08 Å². The van der Waals surface area contributed by atoms with Crippen molar-refractivity contribution in [3.8, 4) is 0 Å². The Morgan fingerprint density at radius 3 is 2.77 bits per heavy atom. The molecule has 0 atom stereocenters. The standard InChI is InChI=1S/C17H17NO3S/c1-12-5-3-7-15(13(12)2)18-16(19)11-21-17(20)9-8-14-6-4-10-22-14/h3-10H,11H2,1-2H3,(H,18,19)/b9-8+. The molecule has 1 amide bonds. The van der Waals surface area contributed by atoms with Crippen molar-refractivity contribution in [2.75, 3.05) is 11.9 Å². The Hall–Kier alpha value is -2.40. The van der Waals surface area contributed by atoms with Gasteiger partial charge in [0.25, 0.3) is 5.91 Å². The molecule has 22 heavy (non-hydrogen) atoms. The molecule has 2 rings (SSSR count). The predicted octanol–water partition coefficient (Wildman–Crippen LogP) is 3.56. The number of nitrogens with one attached hydrogen (secondary N) is 1. The summed E-state index contributed by atoms with van der Waals surface area (Å²) >= 11 is 1.52. The molecule has 0 aliphatic carbocycles. The molecule has 0 unspecified atom stereocenters. The maximum atomic E-state index is 11.8. The van der Waals surface area contributed by atoms with Crippen LogP contribution in [-0.4, -0.2) is 18.5 Å². The van der Waals surface area contributed by atoms with Gasteiger partial charge in [0.05, 0.1) is 0 Å². The van der Waals surface area contributed by atoms with Crippen molar-refractivity contribution in [2.45, 2.75) is 13.8 Å². The molecule has 0 aliphatic heterocycles. The second-order valence-electron chi connectivity index (χ2n) is 4.75. The van der Waals surface area contributed by atoms with Gasteiger partial charge in [0.1, 0.15) is 0 Å². The van der Waals surface area contributed by atoms with Gasteiger partial charge in [-0.2, -0.15) is 0 Å². The van der Waals surface area contributed by atoms with E-state index in [0.717, 1.165) is 21.7 Å². The highest BCUT2D eigenvalue weighted by Crippen LogP contribution is 2.17. The third kappa shape index (κ3) is 4.56. The Kier molecular flexibility index (Phi) is 5.49. The number of benzene rings is 1. The van der Waals surface area contributed by atoms with Crippen molar-refractivity contribution in [1.29, 1.82) is 0 Å². The summed E-state index contributed by atoms with van der Waals surface area (Å²) in [7, 11) is 0. The van der Waals surface area contributed by atoms with E-state index < -0.39 is 5.97 Å². The molecule has 0 fully saturated rings. The predicted molar refractivity (Wildman–Crippen MR) is 88.9 cm³/mol. The first-order chi connectivity index (χ1) is 10.6. The minimum absolute atomic E-state index is 0.305. The third-order valence-corrected chi connectivity index (χ3v) is 3.99. The van der Waals surface area contributed by atoms with Crippen LogP contribution in [0.1, 0.15) is 16.0 Å². The fourth-order valence-electron chi connectivity index (χ4n) is 1.79. The van der Waals surface area contributed by atoms with Crippen molar-refractivity contribution in [2.24, 2.45) is 0 Å². The van der Waals surface area contributed by atoms with Crippen molar-refractivity contribution in [3.05, 3.63) is 57.8 Å². The number of rotatable bonds is 5. The lowest BCUT2D eigenvalue weighted by Gasteiger charge is -2.10. The van der Waals surface area contributed by atoms with Gasteiger partial charge in [0.15, 0.2) is 6.61 Å². The molecule has 0 aliphatic rings. The number of esters is 1. The van der Waals surface area contributed by atoms with Crippen LogP contribution in [-0.2, 0) is 14.3 Å².